The first-order valence-electron chi connectivity index (χ1n) is 6.93. The second kappa shape index (κ2) is 7.05. The summed E-state index contributed by atoms with van der Waals surface area (Å²) in [6, 6.07) is 9.42. The van der Waals surface area contributed by atoms with E-state index in [1.54, 1.807) is 11.0 Å². The van der Waals surface area contributed by atoms with Crippen LogP contribution in [0, 0.1) is 0 Å². The van der Waals surface area contributed by atoms with E-state index in [-0.39, 0.29) is 0 Å². The summed E-state index contributed by atoms with van der Waals surface area (Å²) in [4.78, 5) is 4.03. The van der Waals surface area contributed by atoms with Crippen LogP contribution in [-0.4, -0.2) is 27.4 Å². The van der Waals surface area contributed by atoms with Crippen molar-refractivity contribution in [3.8, 4) is 6.01 Å². The average Bonchev–Trinajstić information content (AvgIpc) is 2.83. The number of aromatic nitrogens is 3. The third-order valence-electron chi connectivity index (χ3n) is 2.94. The van der Waals surface area contributed by atoms with Gasteiger partial charge in [-0.15, -0.1) is 5.10 Å². The number of rotatable bonds is 7. The molecule has 0 bridgehead atoms. The Morgan fingerprint density at radius 3 is 2.50 bits per heavy atom. The van der Waals surface area contributed by atoms with Crippen molar-refractivity contribution < 1.29 is 4.74 Å². The molecule has 0 fully saturated rings. The van der Waals surface area contributed by atoms with Gasteiger partial charge in [-0.05, 0) is 24.1 Å². The molecule has 0 spiro atoms. The molecule has 0 aliphatic heterocycles. The lowest BCUT2D eigenvalue weighted by atomic mass is 10.1. The van der Waals surface area contributed by atoms with Crippen LogP contribution < -0.4 is 10.1 Å². The minimum Gasteiger partial charge on any atom is -0.458 e. The van der Waals surface area contributed by atoms with Gasteiger partial charge in [-0.3, -0.25) is 4.68 Å². The van der Waals surface area contributed by atoms with Gasteiger partial charge < -0.3 is 10.1 Å². The summed E-state index contributed by atoms with van der Waals surface area (Å²) in [5.41, 5.74) is 2.45. The third kappa shape index (κ3) is 4.66. The van der Waals surface area contributed by atoms with Crippen LogP contribution >= 0.6 is 0 Å². The van der Waals surface area contributed by atoms with Crippen molar-refractivity contribution in [3.63, 3.8) is 0 Å². The summed E-state index contributed by atoms with van der Waals surface area (Å²) < 4.78 is 7.14. The maximum atomic E-state index is 5.51. The lowest BCUT2D eigenvalue weighted by Gasteiger charge is -2.08. The molecule has 0 atom stereocenters. The van der Waals surface area contributed by atoms with Gasteiger partial charge in [0.2, 0.25) is 0 Å². The van der Waals surface area contributed by atoms with Crippen molar-refractivity contribution in [2.45, 2.75) is 32.9 Å². The largest absolute Gasteiger partial charge is 0.458 e. The summed E-state index contributed by atoms with van der Waals surface area (Å²) in [7, 11) is 1.82. The second-order valence-corrected chi connectivity index (χ2v) is 5.16. The number of hydrogen-bond acceptors (Lipinski definition) is 4. The second-order valence-electron chi connectivity index (χ2n) is 5.16. The summed E-state index contributed by atoms with van der Waals surface area (Å²) in [5.74, 6) is 0. The molecular weight excluding hydrogens is 252 g/mol. The molecule has 1 aromatic carbocycles. The number of aryl methyl sites for hydroxylation is 1. The smallest absolute Gasteiger partial charge is 0.335 e. The van der Waals surface area contributed by atoms with Crippen LogP contribution in [0.2, 0.25) is 0 Å². The molecule has 5 nitrogen and oxygen atoms in total. The predicted octanol–water partition coefficient (Wildman–Crippen LogP) is 1.93. The average molecular weight is 274 g/mol. The molecule has 20 heavy (non-hydrogen) atoms. The Hall–Kier alpha value is -1.88. The Morgan fingerprint density at radius 2 is 1.90 bits per heavy atom. The molecule has 0 aliphatic carbocycles. The van der Waals surface area contributed by atoms with Gasteiger partial charge >= 0.3 is 6.01 Å². The van der Waals surface area contributed by atoms with E-state index in [1.807, 2.05) is 7.05 Å². The fourth-order valence-corrected chi connectivity index (χ4v) is 1.84. The van der Waals surface area contributed by atoms with Crippen LogP contribution in [0.1, 0.15) is 25.0 Å². The quantitative estimate of drug-likeness (QED) is 0.838. The Balaban J connectivity index is 1.79. The topological polar surface area (TPSA) is 52.0 Å². The molecule has 108 valence electrons. The van der Waals surface area contributed by atoms with E-state index >= 15 is 0 Å². The molecule has 0 aliphatic rings. The lowest BCUT2D eigenvalue weighted by molar-refractivity contribution is 0.280. The van der Waals surface area contributed by atoms with Crippen LogP contribution in [0.15, 0.2) is 30.6 Å². The summed E-state index contributed by atoms with van der Waals surface area (Å²) in [6.45, 7) is 5.82. The van der Waals surface area contributed by atoms with Crippen LogP contribution in [0.3, 0.4) is 0 Å². The Bertz CT molecular complexity index is 519. The van der Waals surface area contributed by atoms with E-state index in [1.165, 1.54) is 5.56 Å². The lowest BCUT2D eigenvalue weighted by Crippen LogP contribution is -2.24. The minimum atomic E-state index is 0.415. The monoisotopic (exact) mass is 274 g/mol. The van der Waals surface area contributed by atoms with E-state index < -0.39 is 0 Å². The van der Waals surface area contributed by atoms with Crippen molar-refractivity contribution in [2.75, 3.05) is 6.54 Å². The van der Waals surface area contributed by atoms with Crippen LogP contribution in [0.5, 0.6) is 6.01 Å². The molecule has 5 heteroatoms. The van der Waals surface area contributed by atoms with Gasteiger partial charge in [0.15, 0.2) is 0 Å². The Labute approximate surface area is 120 Å². The molecule has 0 radical (unpaired) electrons. The van der Waals surface area contributed by atoms with Gasteiger partial charge in [0.05, 0.1) is 0 Å². The van der Waals surface area contributed by atoms with Crippen molar-refractivity contribution in [1.82, 2.24) is 20.1 Å². The highest BCUT2D eigenvalue weighted by Crippen LogP contribution is 2.08. The Morgan fingerprint density at radius 1 is 1.20 bits per heavy atom. The third-order valence-corrected chi connectivity index (χ3v) is 2.94. The summed E-state index contributed by atoms with van der Waals surface area (Å²) in [5, 5.41) is 7.49. The van der Waals surface area contributed by atoms with Crippen LogP contribution in [0.25, 0.3) is 0 Å². The van der Waals surface area contributed by atoms with E-state index in [9.17, 15) is 0 Å². The van der Waals surface area contributed by atoms with E-state index in [4.69, 9.17) is 4.74 Å². The fraction of sp³-hybridized carbons (Fsp3) is 0.467. The van der Waals surface area contributed by atoms with Gasteiger partial charge in [0, 0.05) is 13.1 Å². The molecule has 1 heterocycles. The summed E-state index contributed by atoms with van der Waals surface area (Å²) in [6.07, 6.45) is 2.67. The highest BCUT2D eigenvalue weighted by molar-refractivity contribution is 5.22. The number of nitrogens with zero attached hydrogens (tertiary/aromatic N) is 3. The van der Waals surface area contributed by atoms with Gasteiger partial charge in [-0.2, -0.15) is 4.98 Å². The minimum absolute atomic E-state index is 0.415. The normalized spacial score (nSPS) is 11.0. The van der Waals surface area contributed by atoms with Gasteiger partial charge in [-0.25, -0.2) is 0 Å². The summed E-state index contributed by atoms with van der Waals surface area (Å²) >= 11 is 0. The molecule has 1 N–H and O–H groups in total. The highest BCUT2D eigenvalue weighted by atomic mass is 16.5. The zero-order valence-corrected chi connectivity index (χ0v) is 12.3. The molecule has 0 amide bonds. The SMILES string of the molecule is CC(C)NCCc1ccc(COc2ncn(C)n2)cc1. The number of ether oxygens (including phenoxy) is 1. The van der Waals surface area contributed by atoms with Crippen molar-refractivity contribution >= 4 is 0 Å². The molecule has 1 aromatic heterocycles. The van der Waals surface area contributed by atoms with E-state index in [0.29, 0.717) is 18.7 Å². The zero-order chi connectivity index (χ0) is 14.4. The van der Waals surface area contributed by atoms with Crippen molar-refractivity contribution in [1.29, 1.82) is 0 Å². The molecule has 2 aromatic rings. The predicted molar refractivity (Wildman–Crippen MR) is 78.6 cm³/mol. The van der Waals surface area contributed by atoms with Gasteiger partial charge in [-0.1, -0.05) is 38.1 Å². The van der Waals surface area contributed by atoms with Crippen LogP contribution in [0.4, 0.5) is 0 Å². The van der Waals surface area contributed by atoms with Gasteiger partial charge in [0.25, 0.3) is 0 Å². The highest BCUT2D eigenvalue weighted by Gasteiger charge is 2.01. The molecule has 0 saturated carbocycles. The first-order valence-corrected chi connectivity index (χ1v) is 6.93. The van der Waals surface area contributed by atoms with E-state index in [2.05, 4.69) is 53.5 Å². The number of hydrogen-bond donors (Lipinski definition) is 1. The molecule has 0 unspecified atom stereocenters. The zero-order valence-electron chi connectivity index (χ0n) is 12.3. The molecular formula is C15H22N4O. The maximum absolute atomic E-state index is 5.51. The maximum Gasteiger partial charge on any atom is 0.335 e. The number of nitrogens with one attached hydrogen (secondary N) is 1. The van der Waals surface area contributed by atoms with E-state index in [0.717, 1.165) is 18.5 Å². The van der Waals surface area contributed by atoms with Crippen LogP contribution in [-0.2, 0) is 20.1 Å². The molecule has 0 saturated heterocycles. The Kier molecular flexibility index (Phi) is 5.12. The van der Waals surface area contributed by atoms with Crippen molar-refractivity contribution in [3.05, 3.63) is 41.7 Å². The fourth-order valence-electron chi connectivity index (χ4n) is 1.84. The van der Waals surface area contributed by atoms with Crippen molar-refractivity contribution in [2.24, 2.45) is 7.05 Å². The van der Waals surface area contributed by atoms with Gasteiger partial charge in [0.1, 0.15) is 12.9 Å². The first-order chi connectivity index (χ1) is 9.63. The first kappa shape index (κ1) is 14.5. The number of benzene rings is 1. The standard InChI is InChI=1S/C15H22N4O/c1-12(2)16-9-8-13-4-6-14(7-5-13)10-20-15-17-11-19(3)18-15/h4-7,11-12,16H,8-10H2,1-3H3. The molecule has 2 rings (SSSR count).